The molecular weight excluding hydrogens is 408 g/mol. The van der Waals surface area contributed by atoms with Crippen molar-refractivity contribution < 1.29 is 9.53 Å². The van der Waals surface area contributed by atoms with E-state index >= 15 is 0 Å². The van der Waals surface area contributed by atoms with Gasteiger partial charge in [0.25, 0.3) is 5.19 Å². The number of thiazole rings is 1. The lowest BCUT2D eigenvalue weighted by atomic mass is 10.1. The van der Waals surface area contributed by atoms with E-state index < -0.39 is 0 Å². The van der Waals surface area contributed by atoms with Crippen molar-refractivity contribution in [1.82, 2.24) is 14.8 Å². The predicted molar refractivity (Wildman–Crippen MR) is 127 cm³/mol. The second-order valence-electron chi connectivity index (χ2n) is 7.86. The Kier molecular flexibility index (Phi) is 7.04. The highest BCUT2D eigenvalue weighted by atomic mass is 32.1. The van der Waals surface area contributed by atoms with Crippen LogP contribution in [0.3, 0.4) is 0 Å². The number of nitrogens with zero attached hydrogens (tertiary/aromatic N) is 3. The number of nitrogens with one attached hydrogen (secondary N) is 1. The van der Waals surface area contributed by atoms with E-state index in [0.717, 1.165) is 55.0 Å². The summed E-state index contributed by atoms with van der Waals surface area (Å²) in [6.07, 6.45) is 1.05. The van der Waals surface area contributed by atoms with Crippen LogP contribution in [0, 0.1) is 0 Å². The van der Waals surface area contributed by atoms with E-state index in [2.05, 4.69) is 45.5 Å². The summed E-state index contributed by atoms with van der Waals surface area (Å²) < 4.78 is 6.56. The minimum Gasteiger partial charge on any atom is -0.470 e. The van der Waals surface area contributed by atoms with Gasteiger partial charge in [0.1, 0.15) is 6.04 Å². The number of anilines is 1. The van der Waals surface area contributed by atoms with Crippen molar-refractivity contribution in [2.45, 2.75) is 26.3 Å². The van der Waals surface area contributed by atoms with Crippen molar-refractivity contribution in [3.63, 3.8) is 0 Å². The fourth-order valence-electron chi connectivity index (χ4n) is 3.89. The molecule has 4 rings (SSSR count). The summed E-state index contributed by atoms with van der Waals surface area (Å²) in [7, 11) is 0. The molecule has 1 N–H and O–H groups in total. The summed E-state index contributed by atoms with van der Waals surface area (Å²) in [6, 6.07) is 16.3. The number of benzene rings is 2. The van der Waals surface area contributed by atoms with Gasteiger partial charge in [0.15, 0.2) is 0 Å². The first-order chi connectivity index (χ1) is 15.1. The highest BCUT2D eigenvalue weighted by Gasteiger charge is 2.24. The Hall–Kier alpha value is -2.64. The molecule has 2 aromatic carbocycles. The van der Waals surface area contributed by atoms with Crippen LogP contribution < -0.4 is 10.1 Å². The molecule has 1 aliphatic rings. The van der Waals surface area contributed by atoms with Gasteiger partial charge in [0.05, 0.1) is 16.8 Å². The lowest BCUT2D eigenvalue weighted by Gasteiger charge is -2.36. The minimum atomic E-state index is -0.271. The number of hydrogen-bond donors (Lipinski definition) is 1. The van der Waals surface area contributed by atoms with Crippen molar-refractivity contribution >= 4 is 33.1 Å². The lowest BCUT2D eigenvalue weighted by molar-refractivity contribution is -0.133. The minimum absolute atomic E-state index is 0.155. The van der Waals surface area contributed by atoms with Crippen LogP contribution in [-0.4, -0.2) is 66.1 Å². The van der Waals surface area contributed by atoms with Gasteiger partial charge in [-0.15, -0.1) is 0 Å². The van der Waals surface area contributed by atoms with Gasteiger partial charge in [-0.1, -0.05) is 41.7 Å². The first-order valence-corrected chi connectivity index (χ1v) is 11.8. The van der Waals surface area contributed by atoms with Gasteiger partial charge in [-0.3, -0.25) is 9.69 Å². The second-order valence-corrected chi connectivity index (χ2v) is 8.86. The maximum Gasteiger partial charge on any atom is 0.274 e. The van der Waals surface area contributed by atoms with Crippen molar-refractivity contribution in [2.75, 3.05) is 44.6 Å². The summed E-state index contributed by atoms with van der Waals surface area (Å²) in [5, 5.41) is 4.05. The van der Waals surface area contributed by atoms with E-state index in [4.69, 9.17) is 4.74 Å². The summed E-state index contributed by atoms with van der Waals surface area (Å²) >= 11 is 1.53. The number of carbonyl (C=O) groups is 1. The fraction of sp³-hybridized carbons (Fsp3) is 0.417. The summed E-state index contributed by atoms with van der Waals surface area (Å²) in [4.78, 5) is 21.8. The zero-order valence-corrected chi connectivity index (χ0v) is 19.0. The molecule has 3 aromatic rings. The van der Waals surface area contributed by atoms with E-state index in [1.54, 1.807) is 0 Å². The summed E-state index contributed by atoms with van der Waals surface area (Å²) in [5.74, 6) is 0.155. The molecule has 2 heterocycles. The summed E-state index contributed by atoms with van der Waals surface area (Å²) in [5.41, 5.74) is 3.22. The molecule has 1 fully saturated rings. The van der Waals surface area contributed by atoms with E-state index in [-0.39, 0.29) is 11.9 Å². The van der Waals surface area contributed by atoms with Gasteiger partial charge in [0, 0.05) is 38.4 Å². The Morgan fingerprint density at radius 2 is 1.94 bits per heavy atom. The molecule has 0 unspecified atom stereocenters. The van der Waals surface area contributed by atoms with Crippen LogP contribution in [0.2, 0.25) is 0 Å². The van der Waals surface area contributed by atoms with E-state index in [1.165, 1.54) is 16.9 Å². The standard InChI is InChI=1S/C24H30N4O2S/c1-3-30-24-26-21-10-9-20(17-22(21)31-24)25-18(2)23(29)28-15-13-27(14-16-28)12-11-19-7-5-4-6-8-19/h4-10,17-18,25H,3,11-16H2,1-2H3/t18-/m0/s1. The van der Waals surface area contributed by atoms with Crippen LogP contribution in [0.15, 0.2) is 48.5 Å². The lowest BCUT2D eigenvalue weighted by Crippen LogP contribution is -2.52. The maximum absolute atomic E-state index is 13.0. The molecule has 0 radical (unpaired) electrons. The van der Waals surface area contributed by atoms with Gasteiger partial charge < -0.3 is 15.0 Å². The van der Waals surface area contributed by atoms with Crippen LogP contribution in [-0.2, 0) is 11.2 Å². The van der Waals surface area contributed by atoms with Crippen LogP contribution in [0.4, 0.5) is 5.69 Å². The van der Waals surface area contributed by atoms with Gasteiger partial charge in [-0.25, -0.2) is 4.98 Å². The topological polar surface area (TPSA) is 57.7 Å². The van der Waals surface area contributed by atoms with E-state index in [0.29, 0.717) is 11.8 Å². The Labute approximate surface area is 187 Å². The Bertz CT molecular complexity index is 999. The molecule has 0 spiro atoms. The zero-order valence-electron chi connectivity index (χ0n) is 18.2. The summed E-state index contributed by atoms with van der Waals surface area (Å²) in [6.45, 7) is 8.96. The third kappa shape index (κ3) is 5.54. The van der Waals surface area contributed by atoms with Crippen molar-refractivity contribution in [1.29, 1.82) is 0 Å². The Morgan fingerprint density at radius 3 is 2.68 bits per heavy atom. The normalized spacial score (nSPS) is 15.7. The van der Waals surface area contributed by atoms with E-state index in [1.807, 2.05) is 36.9 Å². The van der Waals surface area contributed by atoms with Crippen LogP contribution in [0.1, 0.15) is 19.4 Å². The second kappa shape index (κ2) is 10.1. The molecule has 1 atom stereocenters. The molecule has 0 saturated carbocycles. The molecule has 1 saturated heterocycles. The molecule has 0 bridgehead atoms. The number of amides is 1. The van der Waals surface area contributed by atoms with Crippen molar-refractivity contribution in [2.24, 2.45) is 0 Å². The van der Waals surface area contributed by atoms with Crippen LogP contribution >= 0.6 is 11.3 Å². The van der Waals surface area contributed by atoms with Crippen LogP contribution in [0.5, 0.6) is 5.19 Å². The number of fused-ring (bicyclic) bond motifs is 1. The van der Waals surface area contributed by atoms with Crippen LogP contribution in [0.25, 0.3) is 10.2 Å². The highest BCUT2D eigenvalue weighted by Crippen LogP contribution is 2.30. The molecule has 7 heteroatoms. The van der Waals surface area contributed by atoms with Gasteiger partial charge >= 0.3 is 0 Å². The first-order valence-electron chi connectivity index (χ1n) is 11.0. The van der Waals surface area contributed by atoms with Gasteiger partial charge in [-0.05, 0) is 44.0 Å². The number of piperazine rings is 1. The monoisotopic (exact) mass is 438 g/mol. The highest BCUT2D eigenvalue weighted by molar-refractivity contribution is 7.20. The third-order valence-electron chi connectivity index (χ3n) is 5.63. The first kappa shape index (κ1) is 21.6. The van der Waals surface area contributed by atoms with Gasteiger partial charge in [0.2, 0.25) is 5.91 Å². The molecule has 0 aliphatic carbocycles. The molecule has 6 nitrogen and oxygen atoms in total. The number of hydrogen-bond acceptors (Lipinski definition) is 6. The average Bonchev–Trinajstić information content (AvgIpc) is 3.20. The zero-order chi connectivity index (χ0) is 21.6. The number of ether oxygens (including phenoxy) is 1. The molecule has 1 amide bonds. The Morgan fingerprint density at radius 1 is 1.16 bits per heavy atom. The van der Waals surface area contributed by atoms with Crippen molar-refractivity contribution in [3.8, 4) is 5.19 Å². The SMILES string of the molecule is CCOc1nc2ccc(N[C@@H](C)C(=O)N3CCN(CCc4ccccc4)CC3)cc2s1. The average molecular weight is 439 g/mol. The molecule has 31 heavy (non-hydrogen) atoms. The van der Waals surface area contributed by atoms with E-state index in [9.17, 15) is 4.79 Å². The number of rotatable bonds is 8. The predicted octanol–water partition coefficient (Wildman–Crippen LogP) is 3.88. The molecule has 1 aromatic heterocycles. The number of aromatic nitrogens is 1. The Balaban J connectivity index is 1.27. The largest absolute Gasteiger partial charge is 0.470 e. The third-order valence-corrected chi connectivity index (χ3v) is 6.56. The van der Waals surface area contributed by atoms with Crippen molar-refractivity contribution in [3.05, 3.63) is 54.1 Å². The fourth-order valence-corrected chi connectivity index (χ4v) is 4.80. The maximum atomic E-state index is 13.0. The molecule has 1 aliphatic heterocycles. The number of carbonyl (C=O) groups excluding carboxylic acids is 1. The smallest absolute Gasteiger partial charge is 0.274 e. The molecule has 164 valence electrons. The van der Waals surface area contributed by atoms with Gasteiger partial charge in [-0.2, -0.15) is 0 Å². The molecular formula is C24H30N4O2S. The quantitative estimate of drug-likeness (QED) is 0.578.